The molecule has 0 spiro atoms. The normalized spacial score (nSPS) is 14.6. The van der Waals surface area contributed by atoms with Gasteiger partial charge >= 0.3 is 0 Å². The molecule has 1 heterocycles. The largest absolute Gasteiger partial charge is 0.496 e. The molecule has 0 aliphatic carbocycles. The molecule has 0 bridgehead atoms. The van der Waals surface area contributed by atoms with Crippen LogP contribution >= 0.6 is 0 Å². The summed E-state index contributed by atoms with van der Waals surface area (Å²) in [5.74, 6) is -1.54. The van der Waals surface area contributed by atoms with Gasteiger partial charge in [-0.25, -0.2) is 8.78 Å². The highest BCUT2D eigenvalue weighted by Crippen LogP contribution is 2.30. The van der Waals surface area contributed by atoms with Crippen molar-refractivity contribution < 1.29 is 23.1 Å². The Bertz CT molecular complexity index is 1420. The maximum atomic E-state index is 14.8. The molecule has 39 heavy (non-hydrogen) atoms. The second-order valence-corrected chi connectivity index (χ2v) is 9.38. The molecule has 4 aromatic rings. The van der Waals surface area contributed by atoms with E-state index < -0.39 is 23.7 Å². The van der Waals surface area contributed by atoms with Crippen molar-refractivity contribution in [2.45, 2.75) is 25.0 Å². The van der Waals surface area contributed by atoms with Crippen LogP contribution in [0.5, 0.6) is 5.75 Å². The summed E-state index contributed by atoms with van der Waals surface area (Å²) in [6, 6.07) is 29.9. The molecule has 198 valence electrons. The van der Waals surface area contributed by atoms with Gasteiger partial charge in [-0.3, -0.25) is 4.79 Å². The van der Waals surface area contributed by atoms with E-state index in [1.165, 1.54) is 12.1 Å². The zero-order chi connectivity index (χ0) is 27.2. The van der Waals surface area contributed by atoms with Crippen LogP contribution in [0.15, 0.2) is 108 Å². The van der Waals surface area contributed by atoms with Crippen molar-refractivity contribution in [2.75, 3.05) is 13.7 Å². The lowest BCUT2D eigenvalue weighted by Gasteiger charge is -2.30. The summed E-state index contributed by atoms with van der Waals surface area (Å²) >= 11 is 0. The standard InChI is InChI=1S/C32H28F2N2O3/c1-38-30-15-9-8-14-27(30)29-19-26(39-35-29)21-36(20-24-16-17-25(33)18-28(24)34)32(37)31(22-10-4-2-5-11-22)23-12-6-3-7-13-23/h2-18,26,31H,19-21H2,1H3/t26-/m1/s1. The van der Waals surface area contributed by atoms with Gasteiger partial charge < -0.3 is 14.5 Å². The van der Waals surface area contributed by atoms with Crippen LogP contribution in [0, 0.1) is 11.6 Å². The van der Waals surface area contributed by atoms with Crippen LogP contribution in [0.3, 0.4) is 0 Å². The van der Waals surface area contributed by atoms with Crippen molar-refractivity contribution in [3.8, 4) is 5.75 Å². The summed E-state index contributed by atoms with van der Waals surface area (Å²) in [7, 11) is 1.59. The van der Waals surface area contributed by atoms with Crippen LogP contribution in [-0.4, -0.2) is 36.3 Å². The number of benzene rings is 4. The summed E-state index contributed by atoms with van der Waals surface area (Å²) in [4.78, 5) is 21.6. The van der Waals surface area contributed by atoms with Crippen molar-refractivity contribution in [1.29, 1.82) is 0 Å². The van der Waals surface area contributed by atoms with Crippen molar-refractivity contribution in [3.05, 3.63) is 137 Å². The maximum absolute atomic E-state index is 14.8. The molecule has 7 heteroatoms. The summed E-state index contributed by atoms with van der Waals surface area (Å²) in [5.41, 5.74) is 3.37. The minimum absolute atomic E-state index is 0.0506. The van der Waals surface area contributed by atoms with E-state index in [1.807, 2.05) is 84.9 Å². The fourth-order valence-electron chi connectivity index (χ4n) is 4.85. The molecule has 1 aliphatic heterocycles. The number of amides is 1. The molecule has 5 nitrogen and oxygen atoms in total. The Labute approximate surface area is 226 Å². The maximum Gasteiger partial charge on any atom is 0.235 e. The molecule has 5 rings (SSSR count). The average Bonchev–Trinajstić information content (AvgIpc) is 3.43. The number of ether oxygens (including phenoxy) is 1. The fourth-order valence-corrected chi connectivity index (χ4v) is 4.85. The van der Waals surface area contributed by atoms with Gasteiger partial charge in [0.25, 0.3) is 0 Å². The van der Waals surface area contributed by atoms with Gasteiger partial charge in [-0.05, 0) is 29.3 Å². The summed E-state index contributed by atoms with van der Waals surface area (Å²) in [5, 5.41) is 4.28. The summed E-state index contributed by atoms with van der Waals surface area (Å²) in [6.45, 7) is 0.110. The number of para-hydroxylation sites is 1. The molecule has 0 saturated heterocycles. The molecule has 0 unspecified atom stereocenters. The van der Waals surface area contributed by atoms with Gasteiger partial charge in [-0.2, -0.15) is 0 Å². The fraction of sp³-hybridized carbons (Fsp3) is 0.188. The van der Waals surface area contributed by atoms with Gasteiger partial charge in [-0.15, -0.1) is 0 Å². The minimum Gasteiger partial charge on any atom is -0.496 e. The first kappa shape index (κ1) is 26.1. The molecule has 0 fully saturated rings. The van der Waals surface area contributed by atoms with Crippen molar-refractivity contribution >= 4 is 11.6 Å². The molecule has 1 amide bonds. The molecule has 1 aliphatic rings. The van der Waals surface area contributed by atoms with Crippen LogP contribution in [0.25, 0.3) is 0 Å². The first-order valence-corrected chi connectivity index (χ1v) is 12.7. The molecule has 0 N–H and O–H groups in total. The molecule has 0 radical (unpaired) electrons. The molecule has 0 aromatic heterocycles. The van der Waals surface area contributed by atoms with Crippen molar-refractivity contribution in [3.63, 3.8) is 0 Å². The predicted molar refractivity (Wildman–Crippen MR) is 146 cm³/mol. The number of carbonyl (C=O) groups excluding carboxylic acids is 1. The Kier molecular flexibility index (Phi) is 7.96. The van der Waals surface area contributed by atoms with Crippen molar-refractivity contribution in [2.24, 2.45) is 5.16 Å². The van der Waals surface area contributed by atoms with Crippen LogP contribution in [-0.2, 0) is 16.2 Å². The third-order valence-corrected chi connectivity index (χ3v) is 6.78. The van der Waals surface area contributed by atoms with E-state index in [9.17, 15) is 13.6 Å². The zero-order valence-corrected chi connectivity index (χ0v) is 21.5. The van der Waals surface area contributed by atoms with E-state index in [0.29, 0.717) is 17.9 Å². The Balaban J connectivity index is 1.45. The lowest BCUT2D eigenvalue weighted by Crippen LogP contribution is -2.40. The van der Waals surface area contributed by atoms with E-state index in [0.717, 1.165) is 22.8 Å². The minimum atomic E-state index is -0.706. The number of carbonyl (C=O) groups is 1. The van der Waals surface area contributed by atoms with Gasteiger partial charge in [0.1, 0.15) is 17.4 Å². The van der Waals surface area contributed by atoms with Gasteiger partial charge in [-0.1, -0.05) is 84.0 Å². The summed E-state index contributed by atoms with van der Waals surface area (Å²) < 4.78 is 33.9. The third-order valence-electron chi connectivity index (χ3n) is 6.78. The smallest absolute Gasteiger partial charge is 0.235 e. The van der Waals surface area contributed by atoms with Gasteiger partial charge in [0.05, 0.1) is 25.3 Å². The van der Waals surface area contributed by atoms with Gasteiger partial charge in [0.2, 0.25) is 5.91 Å². The Hall–Kier alpha value is -4.52. The number of rotatable bonds is 9. The number of hydrogen-bond donors (Lipinski definition) is 0. The highest BCUT2D eigenvalue weighted by molar-refractivity contribution is 6.03. The number of oxime groups is 1. The van der Waals surface area contributed by atoms with Crippen LogP contribution in [0.2, 0.25) is 0 Å². The molecule has 4 aromatic carbocycles. The first-order chi connectivity index (χ1) is 19.0. The second kappa shape index (κ2) is 11.9. The molecule has 0 saturated carbocycles. The quantitative estimate of drug-likeness (QED) is 0.256. The molecular formula is C32H28F2N2O3. The zero-order valence-electron chi connectivity index (χ0n) is 21.5. The topological polar surface area (TPSA) is 51.1 Å². The van der Waals surface area contributed by atoms with Crippen LogP contribution in [0.1, 0.15) is 34.6 Å². The Morgan fingerprint density at radius 3 is 2.23 bits per heavy atom. The van der Waals surface area contributed by atoms with Gasteiger partial charge in [0, 0.05) is 30.2 Å². The average molecular weight is 527 g/mol. The number of halogens is 2. The van der Waals surface area contributed by atoms with E-state index in [4.69, 9.17) is 9.57 Å². The van der Waals surface area contributed by atoms with Crippen molar-refractivity contribution in [1.82, 2.24) is 4.90 Å². The lowest BCUT2D eigenvalue weighted by atomic mass is 9.89. The first-order valence-electron chi connectivity index (χ1n) is 12.7. The monoisotopic (exact) mass is 526 g/mol. The highest BCUT2D eigenvalue weighted by Gasteiger charge is 2.33. The summed E-state index contributed by atoms with van der Waals surface area (Å²) in [6.07, 6.45) is -0.0122. The lowest BCUT2D eigenvalue weighted by molar-refractivity contribution is -0.134. The molecular weight excluding hydrogens is 498 g/mol. The highest BCUT2D eigenvalue weighted by atomic mass is 19.1. The van der Waals surface area contributed by atoms with Crippen LogP contribution < -0.4 is 4.74 Å². The third kappa shape index (κ3) is 5.98. The Morgan fingerprint density at radius 1 is 0.949 bits per heavy atom. The van der Waals surface area contributed by atoms with E-state index >= 15 is 0 Å². The number of methoxy groups -OCH3 is 1. The van der Waals surface area contributed by atoms with E-state index in [1.54, 1.807) is 12.0 Å². The van der Waals surface area contributed by atoms with E-state index in [2.05, 4.69) is 5.16 Å². The second-order valence-electron chi connectivity index (χ2n) is 9.38. The van der Waals surface area contributed by atoms with E-state index in [-0.39, 0.29) is 24.6 Å². The number of hydrogen-bond acceptors (Lipinski definition) is 4. The van der Waals surface area contributed by atoms with Crippen LogP contribution in [0.4, 0.5) is 8.78 Å². The SMILES string of the molecule is COc1ccccc1C1=NO[C@@H](CN(Cc2ccc(F)cc2F)C(=O)C(c2ccccc2)c2ccccc2)C1. The molecule has 1 atom stereocenters. The number of nitrogens with zero attached hydrogens (tertiary/aromatic N) is 2. The predicted octanol–water partition coefficient (Wildman–Crippen LogP) is 6.33. The van der Waals surface area contributed by atoms with Gasteiger partial charge in [0.15, 0.2) is 6.10 Å². The Morgan fingerprint density at radius 2 is 1.59 bits per heavy atom.